The van der Waals surface area contributed by atoms with E-state index < -0.39 is 6.10 Å². The highest BCUT2D eigenvalue weighted by Gasteiger charge is 2.16. The zero-order chi connectivity index (χ0) is 33.6. The minimum Gasteiger partial charge on any atom is -0.462 e. The van der Waals surface area contributed by atoms with Gasteiger partial charge in [-0.1, -0.05) is 180 Å². The van der Waals surface area contributed by atoms with Gasteiger partial charge >= 0.3 is 11.9 Å². The molecule has 0 radical (unpaired) electrons. The molecule has 1 atom stereocenters. The Morgan fingerprint density at radius 3 is 1.17 bits per heavy atom. The molecule has 0 aromatic heterocycles. The van der Waals surface area contributed by atoms with E-state index in [1.807, 2.05) is 0 Å². The summed E-state index contributed by atoms with van der Waals surface area (Å²) < 4.78 is 10.6. The van der Waals surface area contributed by atoms with Gasteiger partial charge in [-0.3, -0.25) is 9.59 Å². The third kappa shape index (κ3) is 35.5. The maximum Gasteiger partial charge on any atom is 0.306 e. The highest BCUT2D eigenvalue weighted by atomic mass is 16.6. The summed E-state index contributed by atoms with van der Waals surface area (Å²) in [6.45, 7) is 4.14. The van der Waals surface area contributed by atoms with Crippen LogP contribution in [-0.2, 0) is 19.1 Å². The summed E-state index contributed by atoms with van der Waals surface area (Å²) >= 11 is 0. The maximum absolute atomic E-state index is 12.2. The molecule has 0 amide bonds. The number of allylic oxidation sites excluding steroid dienone is 2. The second kappa shape index (κ2) is 38.1. The van der Waals surface area contributed by atoms with Crippen LogP contribution in [0.25, 0.3) is 0 Å². The van der Waals surface area contributed by atoms with Crippen molar-refractivity contribution in [3.05, 3.63) is 12.2 Å². The summed E-state index contributed by atoms with van der Waals surface area (Å²) in [5.41, 5.74) is 0. The van der Waals surface area contributed by atoms with Crippen LogP contribution in [0.1, 0.15) is 219 Å². The number of rotatable bonds is 37. The van der Waals surface area contributed by atoms with E-state index in [0.717, 1.165) is 44.9 Å². The molecule has 0 aromatic carbocycles. The summed E-state index contributed by atoms with van der Waals surface area (Å²) in [4.78, 5) is 24.2. The van der Waals surface area contributed by atoms with E-state index in [0.29, 0.717) is 12.8 Å². The first kappa shape index (κ1) is 44.6. The van der Waals surface area contributed by atoms with Gasteiger partial charge < -0.3 is 14.6 Å². The van der Waals surface area contributed by atoms with Crippen molar-refractivity contribution in [3.8, 4) is 0 Å². The summed E-state index contributed by atoms with van der Waals surface area (Å²) in [6.07, 6.45) is 42.7. The molecule has 0 aliphatic heterocycles. The van der Waals surface area contributed by atoms with Gasteiger partial charge in [0, 0.05) is 12.8 Å². The lowest BCUT2D eigenvalue weighted by atomic mass is 10.0. The Hall–Kier alpha value is -1.36. The molecule has 0 heterocycles. The van der Waals surface area contributed by atoms with Crippen LogP contribution in [0.5, 0.6) is 0 Å². The average molecular weight is 651 g/mol. The molecule has 0 saturated heterocycles. The van der Waals surface area contributed by atoms with E-state index >= 15 is 0 Å². The van der Waals surface area contributed by atoms with Gasteiger partial charge in [0.1, 0.15) is 6.61 Å². The van der Waals surface area contributed by atoms with Gasteiger partial charge in [-0.25, -0.2) is 0 Å². The zero-order valence-corrected chi connectivity index (χ0v) is 30.9. The number of hydrogen-bond acceptors (Lipinski definition) is 5. The van der Waals surface area contributed by atoms with Crippen molar-refractivity contribution >= 4 is 11.9 Å². The van der Waals surface area contributed by atoms with Crippen molar-refractivity contribution in [2.75, 3.05) is 13.2 Å². The predicted octanol–water partition coefficient (Wildman–Crippen LogP) is 12.5. The van der Waals surface area contributed by atoms with Gasteiger partial charge in [0.25, 0.3) is 0 Å². The third-order valence-electron chi connectivity index (χ3n) is 9.06. The van der Waals surface area contributed by atoms with E-state index in [1.165, 1.54) is 148 Å². The number of carbonyl (C=O) groups is 2. The Bertz CT molecular complexity index is 661. The Balaban J connectivity index is 3.52. The van der Waals surface area contributed by atoms with Crippen molar-refractivity contribution in [1.82, 2.24) is 0 Å². The van der Waals surface area contributed by atoms with E-state index in [9.17, 15) is 14.7 Å². The number of aliphatic hydroxyl groups excluding tert-OH is 1. The van der Waals surface area contributed by atoms with Crippen LogP contribution in [0.2, 0.25) is 0 Å². The topological polar surface area (TPSA) is 72.8 Å². The number of aliphatic hydroxyl groups is 1. The van der Waals surface area contributed by atoms with E-state index in [-0.39, 0.29) is 25.2 Å². The molecular weight excluding hydrogens is 572 g/mol. The van der Waals surface area contributed by atoms with Gasteiger partial charge in [-0.2, -0.15) is 0 Å². The van der Waals surface area contributed by atoms with Crippen molar-refractivity contribution in [3.63, 3.8) is 0 Å². The lowest BCUT2D eigenvalue weighted by Gasteiger charge is -2.15. The first-order valence-electron chi connectivity index (χ1n) is 20.2. The predicted molar refractivity (Wildman–Crippen MR) is 196 cm³/mol. The molecule has 46 heavy (non-hydrogen) atoms. The molecular formula is C41H78O5. The SMILES string of the molecule is CCCCCCCC/C=C\CCCCCCCC(=O)OC[C@H](CO)OC(=O)CCCCCCCCCCCCCCCCCCC. The molecule has 0 bridgehead atoms. The van der Waals surface area contributed by atoms with Gasteiger partial charge in [-0.05, 0) is 38.5 Å². The molecule has 1 N–H and O–H groups in total. The third-order valence-corrected chi connectivity index (χ3v) is 9.06. The molecule has 272 valence electrons. The monoisotopic (exact) mass is 651 g/mol. The van der Waals surface area contributed by atoms with Crippen LogP contribution in [-0.4, -0.2) is 36.4 Å². The standard InChI is InChI=1S/C41H78O5/c1-3-5-7-9-11-13-15-17-19-20-22-24-26-28-30-32-34-36-41(44)46-39(37-42)38-45-40(43)35-33-31-29-27-25-23-21-18-16-14-12-10-8-6-4-2/h18,21,39,42H,3-17,19-20,22-38H2,1-2H3/b21-18-/t39-/m0/s1. The maximum atomic E-state index is 12.2. The van der Waals surface area contributed by atoms with Crippen LogP contribution >= 0.6 is 0 Å². The molecule has 5 heteroatoms. The van der Waals surface area contributed by atoms with Gasteiger partial charge in [-0.15, -0.1) is 0 Å². The molecule has 0 unspecified atom stereocenters. The molecule has 0 rings (SSSR count). The Morgan fingerprint density at radius 1 is 0.478 bits per heavy atom. The van der Waals surface area contributed by atoms with Crippen LogP contribution < -0.4 is 0 Å². The van der Waals surface area contributed by atoms with Crippen molar-refractivity contribution in [2.45, 2.75) is 225 Å². The van der Waals surface area contributed by atoms with E-state index in [4.69, 9.17) is 9.47 Å². The fourth-order valence-electron chi connectivity index (χ4n) is 5.96. The number of unbranched alkanes of at least 4 members (excludes halogenated alkanes) is 27. The lowest BCUT2D eigenvalue weighted by Crippen LogP contribution is -2.28. The van der Waals surface area contributed by atoms with Crippen LogP contribution in [0, 0.1) is 0 Å². The second-order valence-corrected chi connectivity index (χ2v) is 13.7. The minimum atomic E-state index is -0.767. The van der Waals surface area contributed by atoms with Gasteiger partial charge in [0.2, 0.25) is 0 Å². The highest BCUT2D eigenvalue weighted by molar-refractivity contribution is 5.70. The average Bonchev–Trinajstić information content (AvgIpc) is 3.06. The largest absolute Gasteiger partial charge is 0.462 e. The van der Waals surface area contributed by atoms with Crippen molar-refractivity contribution < 1.29 is 24.2 Å². The van der Waals surface area contributed by atoms with Crippen LogP contribution in [0.4, 0.5) is 0 Å². The first-order valence-corrected chi connectivity index (χ1v) is 20.2. The lowest BCUT2D eigenvalue weighted by molar-refractivity contribution is -0.161. The number of carbonyl (C=O) groups excluding carboxylic acids is 2. The fraction of sp³-hybridized carbons (Fsp3) is 0.902. The Labute approximate surface area is 286 Å². The molecule has 0 aliphatic carbocycles. The van der Waals surface area contributed by atoms with Gasteiger partial charge in [0.15, 0.2) is 6.10 Å². The first-order chi connectivity index (χ1) is 22.6. The number of hydrogen-bond donors (Lipinski definition) is 1. The summed E-state index contributed by atoms with van der Waals surface area (Å²) in [6, 6.07) is 0. The van der Waals surface area contributed by atoms with Gasteiger partial charge in [0.05, 0.1) is 6.61 Å². The highest BCUT2D eigenvalue weighted by Crippen LogP contribution is 2.15. The quantitative estimate of drug-likeness (QED) is 0.0411. The smallest absolute Gasteiger partial charge is 0.306 e. The molecule has 0 saturated carbocycles. The van der Waals surface area contributed by atoms with E-state index in [2.05, 4.69) is 26.0 Å². The second-order valence-electron chi connectivity index (χ2n) is 13.7. The zero-order valence-electron chi connectivity index (χ0n) is 30.9. The Kier molecular flexibility index (Phi) is 37.0. The molecule has 0 aromatic rings. The van der Waals surface area contributed by atoms with Crippen molar-refractivity contribution in [2.24, 2.45) is 0 Å². The minimum absolute atomic E-state index is 0.0643. The number of esters is 2. The summed E-state index contributed by atoms with van der Waals surface area (Å²) in [5, 5.41) is 9.55. The Morgan fingerprint density at radius 2 is 0.804 bits per heavy atom. The van der Waals surface area contributed by atoms with Crippen LogP contribution in [0.3, 0.4) is 0 Å². The van der Waals surface area contributed by atoms with E-state index in [1.54, 1.807) is 0 Å². The molecule has 5 nitrogen and oxygen atoms in total. The summed E-state index contributed by atoms with van der Waals surface area (Å²) in [7, 11) is 0. The molecule has 0 spiro atoms. The fourth-order valence-corrected chi connectivity index (χ4v) is 5.96. The molecule has 0 aliphatic rings. The normalized spacial score (nSPS) is 12.2. The van der Waals surface area contributed by atoms with Crippen LogP contribution in [0.15, 0.2) is 12.2 Å². The number of ether oxygens (including phenoxy) is 2. The summed E-state index contributed by atoms with van der Waals surface area (Å²) in [5.74, 6) is -0.589. The molecule has 0 fully saturated rings. The van der Waals surface area contributed by atoms with Crippen molar-refractivity contribution in [1.29, 1.82) is 0 Å².